The van der Waals surface area contributed by atoms with Gasteiger partial charge in [0.1, 0.15) is 0 Å². The Hall–Kier alpha value is -3.22. The van der Waals surface area contributed by atoms with Crippen molar-refractivity contribution in [1.82, 2.24) is 9.97 Å². The number of carbonyl (C=O) groups is 1. The van der Waals surface area contributed by atoms with Crippen molar-refractivity contribution in [2.24, 2.45) is 0 Å². The van der Waals surface area contributed by atoms with E-state index in [1.165, 1.54) is 24.5 Å². The zero-order valence-electron chi connectivity index (χ0n) is 12.8. The number of rotatable bonds is 3. The van der Waals surface area contributed by atoms with Crippen molar-refractivity contribution in [3.8, 4) is 11.4 Å². The zero-order chi connectivity index (χ0) is 17.9. The molecule has 3 aromatic rings. The Morgan fingerprint density at radius 1 is 0.880 bits per heavy atom. The molecule has 0 saturated carbocycles. The summed E-state index contributed by atoms with van der Waals surface area (Å²) in [6.45, 7) is 0. The minimum Gasteiger partial charge on any atom is -0.322 e. The van der Waals surface area contributed by atoms with E-state index in [1.807, 2.05) is 30.3 Å². The third-order valence-electron chi connectivity index (χ3n) is 3.42. The first kappa shape index (κ1) is 16.6. The summed E-state index contributed by atoms with van der Waals surface area (Å²) in [5.74, 6) is -0.0222. The number of anilines is 1. The summed E-state index contributed by atoms with van der Waals surface area (Å²) in [6.07, 6.45) is -1.67. The van der Waals surface area contributed by atoms with Crippen LogP contribution in [0.5, 0.6) is 0 Å². The molecule has 1 N–H and O–H groups in total. The lowest BCUT2D eigenvalue weighted by Gasteiger charge is -2.09. The van der Waals surface area contributed by atoms with Gasteiger partial charge in [-0.2, -0.15) is 13.2 Å². The standard InChI is InChI=1S/C18H12F3N3O/c19-18(20,21)14-6-8-15(9-7-14)24-17(25)13-10-22-16(23-11-13)12-4-2-1-3-5-12/h1-11H,(H,24,25). The predicted molar refractivity (Wildman–Crippen MR) is 86.9 cm³/mol. The molecule has 0 aliphatic carbocycles. The second-order valence-electron chi connectivity index (χ2n) is 5.19. The van der Waals surface area contributed by atoms with Crippen LogP contribution in [0, 0.1) is 0 Å². The molecular weight excluding hydrogens is 331 g/mol. The molecule has 4 nitrogen and oxygen atoms in total. The molecular formula is C18H12F3N3O. The number of carbonyl (C=O) groups excluding carboxylic acids is 1. The number of benzene rings is 2. The van der Waals surface area contributed by atoms with Crippen molar-refractivity contribution in [2.45, 2.75) is 6.18 Å². The lowest BCUT2D eigenvalue weighted by molar-refractivity contribution is -0.137. The summed E-state index contributed by atoms with van der Waals surface area (Å²) in [4.78, 5) is 20.4. The van der Waals surface area contributed by atoms with Crippen molar-refractivity contribution in [2.75, 3.05) is 5.32 Å². The average Bonchev–Trinajstić information content (AvgIpc) is 2.62. The van der Waals surface area contributed by atoms with Crippen LogP contribution in [0.1, 0.15) is 15.9 Å². The topological polar surface area (TPSA) is 54.9 Å². The fraction of sp³-hybridized carbons (Fsp3) is 0.0556. The van der Waals surface area contributed by atoms with Crippen molar-refractivity contribution in [1.29, 1.82) is 0 Å². The number of hydrogen-bond acceptors (Lipinski definition) is 3. The van der Waals surface area contributed by atoms with Crippen molar-refractivity contribution in [3.05, 3.63) is 78.1 Å². The molecule has 1 aromatic heterocycles. The van der Waals surface area contributed by atoms with Crippen LogP contribution in [0.15, 0.2) is 67.0 Å². The Balaban J connectivity index is 1.71. The Morgan fingerprint density at radius 2 is 1.48 bits per heavy atom. The third kappa shape index (κ3) is 4.00. The molecule has 0 unspecified atom stereocenters. The van der Waals surface area contributed by atoms with Gasteiger partial charge in [0, 0.05) is 23.6 Å². The van der Waals surface area contributed by atoms with E-state index >= 15 is 0 Å². The molecule has 0 aliphatic heterocycles. The largest absolute Gasteiger partial charge is 0.416 e. The highest BCUT2D eigenvalue weighted by Gasteiger charge is 2.30. The maximum atomic E-state index is 12.5. The highest BCUT2D eigenvalue weighted by Crippen LogP contribution is 2.29. The maximum Gasteiger partial charge on any atom is 0.416 e. The zero-order valence-corrected chi connectivity index (χ0v) is 12.8. The van der Waals surface area contributed by atoms with Crippen LogP contribution in [-0.2, 0) is 6.18 Å². The number of nitrogens with zero attached hydrogens (tertiary/aromatic N) is 2. The van der Waals surface area contributed by atoms with Crippen LogP contribution in [0.3, 0.4) is 0 Å². The van der Waals surface area contributed by atoms with Crippen LogP contribution in [0.2, 0.25) is 0 Å². The second-order valence-corrected chi connectivity index (χ2v) is 5.19. The van der Waals surface area contributed by atoms with Crippen LogP contribution in [0.25, 0.3) is 11.4 Å². The first-order valence-electron chi connectivity index (χ1n) is 7.29. The monoisotopic (exact) mass is 343 g/mol. The molecule has 0 spiro atoms. The normalized spacial score (nSPS) is 11.2. The Bertz CT molecular complexity index is 861. The van der Waals surface area contributed by atoms with Crippen molar-refractivity contribution >= 4 is 11.6 Å². The van der Waals surface area contributed by atoms with Gasteiger partial charge in [-0.3, -0.25) is 4.79 Å². The van der Waals surface area contributed by atoms with E-state index in [9.17, 15) is 18.0 Å². The van der Waals surface area contributed by atoms with Gasteiger partial charge in [-0.25, -0.2) is 9.97 Å². The summed E-state index contributed by atoms with van der Waals surface area (Å²) >= 11 is 0. The molecule has 3 rings (SSSR count). The maximum absolute atomic E-state index is 12.5. The summed E-state index contributed by atoms with van der Waals surface area (Å²) < 4.78 is 37.6. The van der Waals surface area contributed by atoms with Crippen LogP contribution in [-0.4, -0.2) is 15.9 Å². The smallest absolute Gasteiger partial charge is 0.322 e. The van der Waals surface area contributed by atoms with Crippen LogP contribution in [0.4, 0.5) is 18.9 Å². The Kier molecular flexibility index (Phi) is 4.47. The highest BCUT2D eigenvalue weighted by molar-refractivity contribution is 6.03. The van der Waals surface area contributed by atoms with Gasteiger partial charge in [-0.05, 0) is 24.3 Å². The molecule has 7 heteroatoms. The number of aromatic nitrogens is 2. The Morgan fingerprint density at radius 3 is 2.04 bits per heavy atom. The molecule has 0 bridgehead atoms. The van der Waals surface area contributed by atoms with E-state index in [1.54, 1.807) is 0 Å². The number of nitrogens with one attached hydrogen (secondary N) is 1. The van der Waals surface area contributed by atoms with Crippen molar-refractivity contribution in [3.63, 3.8) is 0 Å². The van der Waals surface area contributed by atoms with Crippen LogP contribution < -0.4 is 5.32 Å². The van der Waals surface area contributed by atoms with Gasteiger partial charge in [-0.1, -0.05) is 30.3 Å². The van der Waals surface area contributed by atoms with Crippen LogP contribution >= 0.6 is 0 Å². The molecule has 1 heterocycles. The Labute approximate surface area is 141 Å². The first-order chi connectivity index (χ1) is 11.9. The van der Waals surface area contributed by atoms with E-state index < -0.39 is 17.6 Å². The number of halogens is 3. The lowest BCUT2D eigenvalue weighted by atomic mass is 10.2. The summed E-state index contributed by atoms with van der Waals surface area (Å²) in [5, 5.41) is 2.51. The molecule has 0 aliphatic rings. The molecule has 0 radical (unpaired) electrons. The van der Waals surface area contributed by atoms with Gasteiger partial charge in [-0.15, -0.1) is 0 Å². The van der Waals surface area contributed by atoms with E-state index in [-0.39, 0.29) is 11.3 Å². The SMILES string of the molecule is O=C(Nc1ccc(C(F)(F)F)cc1)c1cnc(-c2ccccc2)nc1. The van der Waals surface area contributed by atoms with Gasteiger partial charge in [0.05, 0.1) is 11.1 Å². The third-order valence-corrected chi connectivity index (χ3v) is 3.42. The highest BCUT2D eigenvalue weighted by atomic mass is 19.4. The van der Waals surface area contributed by atoms with E-state index in [0.717, 1.165) is 17.7 Å². The summed E-state index contributed by atoms with van der Waals surface area (Å²) in [6, 6.07) is 13.5. The summed E-state index contributed by atoms with van der Waals surface area (Å²) in [7, 11) is 0. The minimum absolute atomic E-state index is 0.208. The minimum atomic E-state index is -4.41. The van der Waals surface area contributed by atoms with Crippen molar-refractivity contribution < 1.29 is 18.0 Å². The lowest BCUT2D eigenvalue weighted by Crippen LogP contribution is -2.13. The van der Waals surface area contributed by atoms with Gasteiger partial charge < -0.3 is 5.32 Å². The average molecular weight is 343 g/mol. The molecule has 1 amide bonds. The molecule has 126 valence electrons. The number of amides is 1. The molecule has 0 saturated heterocycles. The van der Waals surface area contributed by atoms with E-state index in [0.29, 0.717) is 5.82 Å². The van der Waals surface area contributed by atoms with E-state index in [4.69, 9.17) is 0 Å². The quantitative estimate of drug-likeness (QED) is 0.766. The fourth-order valence-corrected chi connectivity index (χ4v) is 2.13. The molecule has 2 aromatic carbocycles. The fourth-order valence-electron chi connectivity index (χ4n) is 2.13. The predicted octanol–water partition coefficient (Wildman–Crippen LogP) is 4.41. The van der Waals surface area contributed by atoms with Gasteiger partial charge in [0.25, 0.3) is 5.91 Å². The number of alkyl halides is 3. The second kappa shape index (κ2) is 6.72. The first-order valence-corrected chi connectivity index (χ1v) is 7.29. The molecule has 0 atom stereocenters. The van der Waals surface area contributed by atoms with Gasteiger partial charge >= 0.3 is 6.18 Å². The number of hydrogen-bond donors (Lipinski definition) is 1. The van der Waals surface area contributed by atoms with Gasteiger partial charge in [0.15, 0.2) is 5.82 Å². The molecule has 0 fully saturated rings. The molecule has 25 heavy (non-hydrogen) atoms. The van der Waals surface area contributed by atoms with E-state index in [2.05, 4.69) is 15.3 Å². The summed E-state index contributed by atoms with van der Waals surface area (Å²) in [5.41, 5.74) is 0.503. The van der Waals surface area contributed by atoms with Gasteiger partial charge in [0.2, 0.25) is 0 Å².